The van der Waals surface area contributed by atoms with Crippen molar-refractivity contribution < 1.29 is 19.4 Å². The molecule has 4 aromatic rings. The van der Waals surface area contributed by atoms with E-state index in [1.165, 1.54) is 4.90 Å². The molecule has 3 aromatic carbocycles. The zero-order valence-electron chi connectivity index (χ0n) is 19.6. The van der Waals surface area contributed by atoms with Gasteiger partial charge in [-0.15, -0.1) is 0 Å². The van der Waals surface area contributed by atoms with Crippen LogP contribution in [0.1, 0.15) is 22.7 Å². The van der Waals surface area contributed by atoms with Gasteiger partial charge in [0.1, 0.15) is 11.5 Å². The van der Waals surface area contributed by atoms with Crippen molar-refractivity contribution in [2.45, 2.75) is 12.5 Å². The fourth-order valence-corrected chi connectivity index (χ4v) is 5.29. The van der Waals surface area contributed by atoms with Crippen molar-refractivity contribution in [1.29, 1.82) is 0 Å². The summed E-state index contributed by atoms with van der Waals surface area (Å²) in [5, 5.41) is 13.3. The molecule has 0 radical (unpaired) electrons. The van der Waals surface area contributed by atoms with E-state index in [9.17, 15) is 14.7 Å². The van der Waals surface area contributed by atoms with Crippen molar-refractivity contribution in [3.8, 4) is 5.75 Å². The van der Waals surface area contributed by atoms with Crippen LogP contribution < -0.4 is 4.74 Å². The third-order valence-corrected chi connectivity index (χ3v) is 7.33. The van der Waals surface area contributed by atoms with Crippen LogP contribution in [0, 0.1) is 0 Å². The highest BCUT2D eigenvalue weighted by Crippen LogP contribution is 2.42. The number of nitrogens with one attached hydrogen (secondary N) is 1. The number of fused-ring (bicyclic) bond motifs is 1. The number of aromatic amines is 1. The molecule has 2 N–H and O–H groups in total. The van der Waals surface area contributed by atoms with E-state index in [-0.39, 0.29) is 22.9 Å². The SMILES string of the molecule is COc1ccc2[nH]cc(CCN3C(=O)C(=O)C(=C(O)c4ccc(Cl)cc4)[C@@H]3c3ccc(Cl)cc3Cl)c2c1. The van der Waals surface area contributed by atoms with Gasteiger partial charge in [-0.2, -0.15) is 0 Å². The lowest BCUT2D eigenvalue weighted by Gasteiger charge is -2.26. The second-order valence-electron chi connectivity index (χ2n) is 8.64. The number of likely N-dealkylation sites (tertiary alicyclic amines) is 1. The highest BCUT2D eigenvalue weighted by atomic mass is 35.5. The van der Waals surface area contributed by atoms with Gasteiger partial charge in [0, 0.05) is 44.3 Å². The quantitative estimate of drug-likeness (QED) is 0.156. The molecule has 188 valence electrons. The molecule has 1 atom stereocenters. The second-order valence-corrected chi connectivity index (χ2v) is 9.92. The van der Waals surface area contributed by atoms with Gasteiger partial charge in [-0.05, 0) is 72.1 Å². The molecule has 5 rings (SSSR count). The van der Waals surface area contributed by atoms with Crippen molar-refractivity contribution in [1.82, 2.24) is 9.88 Å². The van der Waals surface area contributed by atoms with Gasteiger partial charge in [0.05, 0.1) is 18.7 Å². The monoisotopic (exact) mass is 554 g/mol. The molecule has 1 aliphatic heterocycles. The summed E-state index contributed by atoms with van der Waals surface area (Å²) in [5.74, 6) is -1.09. The minimum atomic E-state index is -0.903. The van der Waals surface area contributed by atoms with Crippen molar-refractivity contribution in [2.75, 3.05) is 13.7 Å². The Hall–Kier alpha value is -3.45. The van der Waals surface area contributed by atoms with E-state index in [0.29, 0.717) is 33.3 Å². The topological polar surface area (TPSA) is 82.6 Å². The first-order chi connectivity index (χ1) is 17.8. The van der Waals surface area contributed by atoms with Crippen LogP contribution >= 0.6 is 34.8 Å². The number of ether oxygens (including phenoxy) is 1. The third kappa shape index (κ3) is 4.68. The number of hydrogen-bond acceptors (Lipinski definition) is 4. The van der Waals surface area contributed by atoms with E-state index in [1.807, 2.05) is 24.4 Å². The molecule has 0 unspecified atom stereocenters. The third-order valence-electron chi connectivity index (χ3n) is 6.51. The number of carbonyl (C=O) groups excluding carboxylic acids is 2. The van der Waals surface area contributed by atoms with E-state index < -0.39 is 17.7 Å². The Balaban J connectivity index is 1.58. The highest BCUT2D eigenvalue weighted by Gasteiger charge is 2.46. The maximum atomic E-state index is 13.3. The van der Waals surface area contributed by atoms with Crippen molar-refractivity contribution in [3.63, 3.8) is 0 Å². The van der Waals surface area contributed by atoms with Crippen LogP contribution in [0.5, 0.6) is 5.75 Å². The lowest BCUT2D eigenvalue weighted by atomic mass is 9.95. The molecule has 6 nitrogen and oxygen atoms in total. The van der Waals surface area contributed by atoms with E-state index in [0.717, 1.165) is 16.5 Å². The number of methoxy groups -OCH3 is 1. The minimum Gasteiger partial charge on any atom is -0.507 e. The number of hydrogen-bond donors (Lipinski definition) is 2. The molecule has 1 saturated heterocycles. The van der Waals surface area contributed by atoms with Gasteiger partial charge in [-0.25, -0.2) is 0 Å². The predicted octanol–water partition coefficient (Wildman–Crippen LogP) is 6.80. The number of ketones is 1. The number of H-pyrrole nitrogens is 1. The molecule has 1 amide bonds. The zero-order chi connectivity index (χ0) is 26.3. The molecule has 2 heterocycles. The number of nitrogens with zero attached hydrogens (tertiary/aromatic N) is 1. The smallest absolute Gasteiger partial charge is 0.295 e. The second kappa shape index (κ2) is 10.1. The molecule has 1 fully saturated rings. The first-order valence-electron chi connectivity index (χ1n) is 11.4. The molecular weight excluding hydrogens is 535 g/mol. The maximum Gasteiger partial charge on any atom is 0.295 e. The van der Waals surface area contributed by atoms with E-state index in [2.05, 4.69) is 4.98 Å². The van der Waals surface area contributed by atoms with Gasteiger partial charge in [0.25, 0.3) is 11.7 Å². The van der Waals surface area contributed by atoms with Crippen LogP contribution in [0.3, 0.4) is 0 Å². The average Bonchev–Trinajstić information content (AvgIpc) is 3.40. The number of aliphatic hydroxyl groups is 1. The van der Waals surface area contributed by atoms with Gasteiger partial charge >= 0.3 is 0 Å². The Bertz CT molecular complexity index is 1560. The summed E-state index contributed by atoms with van der Waals surface area (Å²) in [5.41, 5.74) is 2.69. The number of amides is 1. The predicted molar refractivity (Wildman–Crippen MR) is 145 cm³/mol. The molecule has 0 saturated carbocycles. The summed E-state index contributed by atoms with van der Waals surface area (Å²) < 4.78 is 5.35. The minimum absolute atomic E-state index is 0.0443. The van der Waals surface area contributed by atoms with Crippen LogP contribution in [-0.4, -0.2) is 40.3 Å². The van der Waals surface area contributed by atoms with E-state index in [4.69, 9.17) is 39.5 Å². The van der Waals surface area contributed by atoms with Crippen molar-refractivity contribution >= 4 is 63.2 Å². The number of Topliss-reactive ketones (excluding diaryl/α,β-unsaturated/α-hetero) is 1. The fraction of sp³-hybridized carbons (Fsp3) is 0.143. The molecule has 0 aliphatic carbocycles. The van der Waals surface area contributed by atoms with Crippen LogP contribution in [-0.2, 0) is 16.0 Å². The maximum absolute atomic E-state index is 13.3. The molecular formula is C28H21Cl3N2O4. The molecule has 1 aliphatic rings. The van der Waals surface area contributed by atoms with Gasteiger partial charge in [0.2, 0.25) is 0 Å². The Kier molecular flexibility index (Phi) is 6.90. The first kappa shape index (κ1) is 25.2. The lowest BCUT2D eigenvalue weighted by molar-refractivity contribution is -0.139. The summed E-state index contributed by atoms with van der Waals surface area (Å²) in [6.07, 6.45) is 2.32. The standard InChI is InChI=1S/C28H21Cl3N2O4/c1-37-19-7-9-23-21(13-19)16(14-32-23)10-11-33-25(20-8-6-18(30)12-22(20)31)24(27(35)28(33)36)26(34)15-2-4-17(29)5-3-15/h2-9,12-14,25,32,34H,10-11H2,1H3/t25-/m0/s1. The number of halogens is 3. The Morgan fingerprint density at radius 1 is 1.00 bits per heavy atom. The van der Waals surface area contributed by atoms with E-state index >= 15 is 0 Å². The normalized spacial score (nSPS) is 17.1. The number of rotatable bonds is 6. The number of aromatic nitrogens is 1. The Labute approximate surface area is 228 Å². The van der Waals surface area contributed by atoms with Gasteiger partial charge in [-0.3, -0.25) is 9.59 Å². The Morgan fingerprint density at radius 2 is 1.73 bits per heavy atom. The number of benzene rings is 3. The lowest BCUT2D eigenvalue weighted by Crippen LogP contribution is -2.31. The molecule has 9 heteroatoms. The summed E-state index contributed by atoms with van der Waals surface area (Å²) in [6, 6.07) is 16.0. The fourth-order valence-electron chi connectivity index (χ4n) is 4.65. The average molecular weight is 556 g/mol. The number of carbonyl (C=O) groups is 2. The molecule has 0 bridgehead atoms. The molecule has 37 heavy (non-hydrogen) atoms. The van der Waals surface area contributed by atoms with Crippen molar-refractivity contribution in [2.24, 2.45) is 0 Å². The van der Waals surface area contributed by atoms with Crippen LogP contribution in [0.4, 0.5) is 0 Å². The highest BCUT2D eigenvalue weighted by molar-refractivity contribution is 6.47. The summed E-state index contributed by atoms with van der Waals surface area (Å²) in [7, 11) is 1.60. The zero-order valence-corrected chi connectivity index (χ0v) is 21.9. The summed E-state index contributed by atoms with van der Waals surface area (Å²) >= 11 is 18.7. The van der Waals surface area contributed by atoms with Crippen LogP contribution in [0.15, 0.2) is 72.4 Å². The van der Waals surface area contributed by atoms with Gasteiger partial charge in [0.15, 0.2) is 0 Å². The van der Waals surface area contributed by atoms with E-state index in [1.54, 1.807) is 49.6 Å². The summed E-state index contributed by atoms with van der Waals surface area (Å²) in [6.45, 7) is 0.204. The largest absolute Gasteiger partial charge is 0.507 e. The van der Waals surface area contributed by atoms with Gasteiger partial charge < -0.3 is 19.7 Å². The number of aliphatic hydroxyl groups excluding tert-OH is 1. The molecule has 0 spiro atoms. The summed E-state index contributed by atoms with van der Waals surface area (Å²) in [4.78, 5) is 31.3. The van der Waals surface area contributed by atoms with Crippen molar-refractivity contribution in [3.05, 3.63) is 104 Å². The Morgan fingerprint density at radius 3 is 2.43 bits per heavy atom. The first-order valence-corrected chi connectivity index (χ1v) is 12.5. The van der Waals surface area contributed by atoms with Crippen LogP contribution in [0.2, 0.25) is 15.1 Å². The molecule has 1 aromatic heterocycles. The van der Waals surface area contributed by atoms with Gasteiger partial charge in [-0.1, -0.05) is 40.9 Å². The van der Waals surface area contributed by atoms with Crippen LogP contribution in [0.25, 0.3) is 16.7 Å².